The van der Waals surface area contributed by atoms with Gasteiger partial charge < -0.3 is 10.0 Å². The highest BCUT2D eigenvalue weighted by Crippen LogP contribution is 2.20. The van der Waals surface area contributed by atoms with E-state index in [4.69, 9.17) is 10.4 Å². The number of aliphatic carboxylic acids is 1. The number of hydrogen-bond donors (Lipinski definition) is 1. The van der Waals surface area contributed by atoms with Crippen LogP contribution in [0, 0.1) is 11.3 Å². The number of carboxylic acid groups (broad SMARTS) is 1. The molecule has 5 heteroatoms. The van der Waals surface area contributed by atoms with Crippen molar-refractivity contribution in [2.45, 2.75) is 25.3 Å². The van der Waals surface area contributed by atoms with Gasteiger partial charge in [-0.25, -0.2) is 4.79 Å². The van der Waals surface area contributed by atoms with Crippen LogP contribution in [0.25, 0.3) is 0 Å². The Bertz CT molecular complexity index is 548. The van der Waals surface area contributed by atoms with Crippen LogP contribution in [0.15, 0.2) is 24.3 Å². The first kappa shape index (κ1) is 13.1. The zero-order valence-corrected chi connectivity index (χ0v) is 10.4. The minimum atomic E-state index is -0.959. The number of rotatable bonds is 3. The highest BCUT2D eigenvalue weighted by atomic mass is 16.4. The van der Waals surface area contributed by atoms with Gasteiger partial charge >= 0.3 is 5.97 Å². The first-order chi connectivity index (χ1) is 9.13. The molecule has 1 aliphatic rings. The molecule has 0 aromatic heterocycles. The summed E-state index contributed by atoms with van der Waals surface area (Å²) in [7, 11) is 0. The van der Waals surface area contributed by atoms with Crippen LogP contribution >= 0.6 is 0 Å². The molecule has 1 heterocycles. The third kappa shape index (κ3) is 2.74. The fraction of sp³-hybridized carbons (Fsp3) is 0.357. The summed E-state index contributed by atoms with van der Waals surface area (Å²) in [5, 5.41) is 17.7. The van der Waals surface area contributed by atoms with Crippen LogP contribution in [0.2, 0.25) is 0 Å². The Labute approximate surface area is 111 Å². The Morgan fingerprint density at radius 1 is 1.47 bits per heavy atom. The molecule has 0 radical (unpaired) electrons. The molecule has 0 unspecified atom stereocenters. The molecule has 2 rings (SSSR count). The van der Waals surface area contributed by atoms with Gasteiger partial charge in [-0.2, -0.15) is 5.26 Å². The first-order valence-electron chi connectivity index (χ1n) is 6.13. The van der Waals surface area contributed by atoms with Gasteiger partial charge in [-0.1, -0.05) is 12.1 Å². The summed E-state index contributed by atoms with van der Waals surface area (Å²) in [4.78, 5) is 24.8. The lowest BCUT2D eigenvalue weighted by Gasteiger charge is -2.21. The normalized spacial score (nSPS) is 18.1. The molecule has 1 saturated heterocycles. The standard InChI is InChI=1S/C14H14N2O3/c15-7-6-10-3-1-4-11(9-10)13(17)16-8-2-5-12(16)14(18)19/h1,3-4,9,12H,2,5-6,8H2,(H,18,19)/t12-/m0/s1. The van der Waals surface area contributed by atoms with Crippen molar-refractivity contribution in [1.29, 1.82) is 5.26 Å². The van der Waals surface area contributed by atoms with E-state index in [0.717, 1.165) is 5.56 Å². The average Bonchev–Trinajstić information content (AvgIpc) is 2.88. The van der Waals surface area contributed by atoms with Crippen LogP contribution in [0.1, 0.15) is 28.8 Å². The molecule has 1 N–H and O–H groups in total. The summed E-state index contributed by atoms with van der Waals surface area (Å²) in [6.45, 7) is 0.471. The van der Waals surface area contributed by atoms with Crippen molar-refractivity contribution in [1.82, 2.24) is 4.90 Å². The van der Waals surface area contributed by atoms with Gasteiger partial charge in [0, 0.05) is 12.1 Å². The number of nitriles is 1. The second kappa shape index (κ2) is 5.53. The molecule has 1 fully saturated rings. The van der Waals surface area contributed by atoms with Crippen molar-refractivity contribution < 1.29 is 14.7 Å². The van der Waals surface area contributed by atoms with Crippen molar-refractivity contribution in [2.75, 3.05) is 6.54 Å². The third-order valence-electron chi connectivity index (χ3n) is 3.26. The van der Waals surface area contributed by atoms with E-state index >= 15 is 0 Å². The van der Waals surface area contributed by atoms with E-state index in [1.165, 1.54) is 4.90 Å². The summed E-state index contributed by atoms with van der Waals surface area (Å²) in [5.41, 5.74) is 1.21. The number of amides is 1. The van der Waals surface area contributed by atoms with Crippen LogP contribution in [-0.4, -0.2) is 34.5 Å². The highest BCUT2D eigenvalue weighted by Gasteiger charge is 2.34. The topological polar surface area (TPSA) is 81.4 Å². The highest BCUT2D eigenvalue weighted by molar-refractivity contribution is 5.97. The largest absolute Gasteiger partial charge is 0.480 e. The van der Waals surface area contributed by atoms with Crippen LogP contribution in [0.3, 0.4) is 0 Å². The molecule has 1 amide bonds. The van der Waals surface area contributed by atoms with E-state index < -0.39 is 12.0 Å². The van der Waals surface area contributed by atoms with E-state index in [1.54, 1.807) is 24.3 Å². The lowest BCUT2D eigenvalue weighted by atomic mass is 10.1. The number of nitrogens with zero attached hydrogens (tertiary/aromatic N) is 2. The number of likely N-dealkylation sites (tertiary alicyclic amines) is 1. The van der Waals surface area contributed by atoms with Crippen LogP contribution in [0.5, 0.6) is 0 Å². The van der Waals surface area contributed by atoms with Gasteiger partial charge in [0.25, 0.3) is 5.91 Å². The zero-order valence-electron chi connectivity index (χ0n) is 10.4. The molecule has 1 aromatic carbocycles. The molecule has 0 aliphatic carbocycles. The molecule has 0 spiro atoms. The van der Waals surface area contributed by atoms with Gasteiger partial charge in [0.2, 0.25) is 0 Å². The van der Waals surface area contributed by atoms with Crippen molar-refractivity contribution in [3.63, 3.8) is 0 Å². The Morgan fingerprint density at radius 3 is 2.95 bits per heavy atom. The molecular weight excluding hydrogens is 244 g/mol. The van der Waals surface area contributed by atoms with E-state index in [-0.39, 0.29) is 12.3 Å². The SMILES string of the molecule is N#CCc1cccc(C(=O)N2CCC[C@H]2C(=O)O)c1. The maximum Gasteiger partial charge on any atom is 0.326 e. The fourth-order valence-corrected chi connectivity index (χ4v) is 2.34. The lowest BCUT2D eigenvalue weighted by molar-refractivity contribution is -0.141. The minimum absolute atomic E-state index is 0.240. The van der Waals surface area contributed by atoms with Gasteiger partial charge in [0.1, 0.15) is 6.04 Å². The van der Waals surface area contributed by atoms with Crippen molar-refractivity contribution in [3.05, 3.63) is 35.4 Å². The smallest absolute Gasteiger partial charge is 0.326 e. The van der Waals surface area contributed by atoms with E-state index in [9.17, 15) is 9.59 Å². The summed E-state index contributed by atoms with van der Waals surface area (Å²) in [6.07, 6.45) is 1.45. The fourth-order valence-electron chi connectivity index (χ4n) is 2.34. The molecule has 0 bridgehead atoms. The molecule has 1 aliphatic heterocycles. The Hall–Kier alpha value is -2.35. The van der Waals surface area contributed by atoms with Crippen LogP contribution in [0.4, 0.5) is 0 Å². The number of carboxylic acids is 1. The van der Waals surface area contributed by atoms with Crippen molar-refractivity contribution in [3.8, 4) is 6.07 Å². The molecule has 0 saturated carbocycles. The maximum absolute atomic E-state index is 12.3. The molecule has 19 heavy (non-hydrogen) atoms. The molecule has 98 valence electrons. The second-order valence-corrected chi connectivity index (χ2v) is 4.53. The van der Waals surface area contributed by atoms with E-state index in [1.807, 2.05) is 6.07 Å². The second-order valence-electron chi connectivity index (χ2n) is 4.53. The van der Waals surface area contributed by atoms with Crippen molar-refractivity contribution >= 4 is 11.9 Å². The van der Waals surface area contributed by atoms with Gasteiger partial charge in [0.15, 0.2) is 0 Å². The third-order valence-corrected chi connectivity index (χ3v) is 3.26. The summed E-state index contributed by atoms with van der Waals surface area (Å²) < 4.78 is 0. The van der Waals surface area contributed by atoms with E-state index in [0.29, 0.717) is 24.9 Å². The molecular formula is C14H14N2O3. The van der Waals surface area contributed by atoms with Crippen LogP contribution < -0.4 is 0 Å². The van der Waals surface area contributed by atoms with Gasteiger partial charge in [0.05, 0.1) is 12.5 Å². The lowest BCUT2D eigenvalue weighted by Crippen LogP contribution is -2.40. The minimum Gasteiger partial charge on any atom is -0.480 e. The maximum atomic E-state index is 12.3. The average molecular weight is 258 g/mol. The number of hydrogen-bond acceptors (Lipinski definition) is 3. The quantitative estimate of drug-likeness (QED) is 0.889. The van der Waals surface area contributed by atoms with Gasteiger partial charge in [-0.05, 0) is 30.5 Å². The molecule has 1 aromatic rings. The number of carbonyl (C=O) groups excluding carboxylic acids is 1. The Morgan fingerprint density at radius 2 is 2.26 bits per heavy atom. The summed E-state index contributed by atoms with van der Waals surface area (Å²) >= 11 is 0. The first-order valence-corrected chi connectivity index (χ1v) is 6.13. The monoisotopic (exact) mass is 258 g/mol. The zero-order chi connectivity index (χ0) is 13.8. The van der Waals surface area contributed by atoms with Crippen molar-refractivity contribution in [2.24, 2.45) is 0 Å². The predicted molar refractivity (Wildman–Crippen MR) is 67.5 cm³/mol. The van der Waals surface area contributed by atoms with E-state index in [2.05, 4.69) is 0 Å². The summed E-state index contributed by atoms with van der Waals surface area (Å²) in [5.74, 6) is -1.23. The number of benzene rings is 1. The Kier molecular flexibility index (Phi) is 3.81. The molecule has 5 nitrogen and oxygen atoms in total. The predicted octanol–water partition coefficient (Wildman–Crippen LogP) is 1.44. The molecule has 1 atom stereocenters. The Balaban J connectivity index is 2.22. The van der Waals surface area contributed by atoms with Gasteiger partial charge in [-0.15, -0.1) is 0 Å². The number of carbonyl (C=O) groups is 2. The summed E-state index contributed by atoms with van der Waals surface area (Å²) in [6, 6.07) is 8.10. The van der Waals surface area contributed by atoms with Crippen LogP contribution in [-0.2, 0) is 11.2 Å². The van der Waals surface area contributed by atoms with Gasteiger partial charge in [-0.3, -0.25) is 4.79 Å².